The van der Waals surface area contributed by atoms with Crippen LogP contribution in [-0.4, -0.2) is 38.4 Å². The summed E-state index contributed by atoms with van der Waals surface area (Å²) in [6, 6.07) is 18.5. The lowest BCUT2D eigenvalue weighted by atomic mass is 10.1. The van der Waals surface area contributed by atoms with E-state index in [0.29, 0.717) is 34.4 Å². The van der Waals surface area contributed by atoms with Gasteiger partial charge in [-0.1, -0.05) is 23.7 Å². The van der Waals surface area contributed by atoms with Gasteiger partial charge in [0, 0.05) is 23.5 Å². The van der Waals surface area contributed by atoms with Crippen LogP contribution in [0.1, 0.15) is 22.3 Å². The van der Waals surface area contributed by atoms with E-state index in [9.17, 15) is 0 Å². The van der Waals surface area contributed by atoms with Crippen molar-refractivity contribution in [3.05, 3.63) is 95.3 Å². The Labute approximate surface area is 210 Å². The molecule has 6 nitrogen and oxygen atoms in total. The number of methoxy groups -OCH3 is 4. The first-order valence-electron chi connectivity index (χ1n) is 11.0. The number of ether oxygens (including phenoxy) is 4. The van der Waals surface area contributed by atoms with Crippen LogP contribution in [0.3, 0.4) is 0 Å². The fourth-order valence-electron chi connectivity index (χ4n) is 3.40. The van der Waals surface area contributed by atoms with Gasteiger partial charge in [0.15, 0.2) is 0 Å². The summed E-state index contributed by atoms with van der Waals surface area (Å²) in [6.45, 7) is 0. The molecule has 0 spiro atoms. The highest BCUT2D eigenvalue weighted by atomic mass is 16.5. The molecule has 0 unspecified atom stereocenters. The summed E-state index contributed by atoms with van der Waals surface area (Å²) in [7, 11) is 6.46. The molecule has 2 aromatic heterocycles. The van der Waals surface area contributed by atoms with Gasteiger partial charge in [0.25, 0.3) is 0 Å². The zero-order chi connectivity index (χ0) is 25.3. The quantitative estimate of drug-likeness (QED) is 0.379. The molecule has 4 aromatic rings. The summed E-state index contributed by atoms with van der Waals surface area (Å²) >= 11 is 0. The molecule has 2 aromatic carbocycles. The van der Waals surface area contributed by atoms with E-state index in [1.54, 1.807) is 40.8 Å². The zero-order valence-corrected chi connectivity index (χ0v) is 20.5. The number of pyridine rings is 2. The van der Waals surface area contributed by atoms with Gasteiger partial charge in [-0.25, -0.2) is 0 Å². The molecule has 0 saturated carbocycles. The molecule has 0 aliphatic heterocycles. The van der Waals surface area contributed by atoms with Crippen molar-refractivity contribution in [2.24, 2.45) is 0 Å². The first kappa shape index (κ1) is 24.2. The summed E-state index contributed by atoms with van der Waals surface area (Å²) < 4.78 is 21.4. The van der Waals surface area contributed by atoms with Gasteiger partial charge in [0.2, 0.25) is 0 Å². The second-order valence-electron chi connectivity index (χ2n) is 7.49. The zero-order valence-electron chi connectivity index (χ0n) is 20.5. The van der Waals surface area contributed by atoms with Crippen LogP contribution in [0.15, 0.2) is 73.1 Å². The fourth-order valence-corrected chi connectivity index (χ4v) is 3.40. The van der Waals surface area contributed by atoms with E-state index in [1.807, 2.05) is 60.7 Å². The third-order valence-electron chi connectivity index (χ3n) is 5.28. The van der Waals surface area contributed by atoms with Crippen LogP contribution < -0.4 is 18.9 Å². The summed E-state index contributed by atoms with van der Waals surface area (Å²) in [4.78, 5) is 8.95. The Morgan fingerprint density at radius 3 is 1.33 bits per heavy atom. The van der Waals surface area contributed by atoms with E-state index in [4.69, 9.17) is 18.9 Å². The van der Waals surface area contributed by atoms with E-state index in [0.717, 1.165) is 22.3 Å². The highest BCUT2D eigenvalue weighted by Crippen LogP contribution is 2.24. The third kappa shape index (κ3) is 5.75. The Hall–Kier alpha value is -4.94. The first-order valence-corrected chi connectivity index (χ1v) is 11.0. The van der Waals surface area contributed by atoms with Gasteiger partial charge in [-0.05, 0) is 60.7 Å². The minimum Gasteiger partial charge on any atom is -0.497 e. The lowest BCUT2D eigenvalue weighted by Crippen LogP contribution is -1.91. The first-order chi connectivity index (χ1) is 17.6. The number of nitrogens with zero attached hydrogens (tertiary/aromatic N) is 2. The van der Waals surface area contributed by atoms with Crippen molar-refractivity contribution in [1.29, 1.82) is 0 Å². The maximum atomic E-state index is 5.41. The van der Waals surface area contributed by atoms with Gasteiger partial charge in [0.1, 0.15) is 23.0 Å². The van der Waals surface area contributed by atoms with Crippen LogP contribution in [0.2, 0.25) is 0 Å². The van der Waals surface area contributed by atoms with Crippen LogP contribution in [0, 0.1) is 23.7 Å². The SMILES string of the molecule is COc1ccc(OC)c(C#Cc2ccnc(-c3cc(C#Cc4cc(OC)ccc4OC)ccn3)c2)c1. The van der Waals surface area contributed by atoms with Gasteiger partial charge in [-0.15, -0.1) is 0 Å². The maximum Gasteiger partial charge on any atom is 0.134 e. The molecule has 0 fully saturated rings. The van der Waals surface area contributed by atoms with Crippen molar-refractivity contribution in [3.63, 3.8) is 0 Å². The largest absolute Gasteiger partial charge is 0.497 e. The van der Waals surface area contributed by atoms with E-state index < -0.39 is 0 Å². The van der Waals surface area contributed by atoms with Gasteiger partial charge < -0.3 is 18.9 Å². The molecule has 0 aliphatic carbocycles. The molecule has 0 bridgehead atoms. The molecule has 0 aliphatic rings. The van der Waals surface area contributed by atoms with Crippen molar-refractivity contribution < 1.29 is 18.9 Å². The highest BCUT2D eigenvalue weighted by Gasteiger charge is 2.05. The van der Waals surface area contributed by atoms with Gasteiger partial charge >= 0.3 is 0 Å². The number of hydrogen-bond acceptors (Lipinski definition) is 6. The molecule has 4 rings (SSSR count). The summed E-state index contributed by atoms with van der Waals surface area (Å²) in [5, 5.41) is 0. The Kier molecular flexibility index (Phi) is 7.70. The number of aromatic nitrogens is 2. The normalized spacial score (nSPS) is 9.78. The molecule has 6 heteroatoms. The lowest BCUT2D eigenvalue weighted by molar-refractivity contribution is 0.402. The number of rotatable bonds is 5. The minimum absolute atomic E-state index is 0.679. The predicted octanol–water partition coefficient (Wildman–Crippen LogP) is 4.98. The molecule has 178 valence electrons. The number of hydrogen-bond donors (Lipinski definition) is 0. The predicted molar refractivity (Wildman–Crippen MR) is 139 cm³/mol. The fraction of sp³-hybridized carbons (Fsp3) is 0.133. The van der Waals surface area contributed by atoms with Crippen molar-refractivity contribution in [3.8, 4) is 58.1 Å². The molecular formula is C30H24N2O4. The lowest BCUT2D eigenvalue weighted by Gasteiger charge is -2.05. The second kappa shape index (κ2) is 11.5. The number of benzene rings is 2. The monoisotopic (exact) mass is 476 g/mol. The summed E-state index contributed by atoms with van der Waals surface area (Å²) in [6.07, 6.45) is 3.42. The average molecular weight is 477 g/mol. The van der Waals surface area contributed by atoms with Crippen LogP contribution in [-0.2, 0) is 0 Å². The Balaban J connectivity index is 1.62. The standard InChI is InChI=1S/C30H24N2O4/c1-33-25-9-11-29(35-3)23(19-25)7-5-21-13-15-31-27(17-21)28-18-22(14-16-32-28)6-8-24-20-26(34-2)10-12-30(24)36-4/h9-20H,1-4H3. The van der Waals surface area contributed by atoms with Gasteiger partial charge in [-0.2, -0.15) is 0 Å². The van der Waals surface area contributed by atoms with E-state index in [-0.39, 0.29) is 0 Å². The molecule has 0 amide bonds. The third-order valence-corrected chi connectivity index (χ3v) is 5.28. The van der Waals surface area contributed by atoms with Crippen LogP contribution in [0.25, 0.3) is 11.4 Å². The Bertz CT molecular complexity index is 1390. The molecule has 0 saturated heterocycles. The highest BCUT2D eigenvalue weighted by molar-refractivity contribution is 5.61. The molecule has 0 N–H and O–H groups in total. The summed E-state index contributed by atoms with van der Waals surface area (Å²) in [5.74, 6) is 15.4. The topological polar surface area (TPSA) is 62.7 Å². The van der Waals surface area contributed by atoms with Crippen molar-refractivity contribution in [2.45, 2.75) is 0 Å². The molecular weight excluding hydrogens is 452 g/mol. The molecule has 0 atom stereocenters. The van der Waals surface area contributed by atoms with Crippen molar-refractivity contribution in [1.82, 2.24) is 9.97 Å². The molecule has 0 radical (unpaired) electrons. The smallest absolute Gasteiger partial charge is 0.134 e. The van der Waals surface area contributed by atoms with Crippen LogP contribution in [0.4, 0.5) is 0 Å². The average Bonchev–Trinajstić information content (AvgIpc) is 2.94. The van der Waals surface area contributed by atoms with Gasteiger partial charge in [0.05, 0.1) is 51.0 Å². The van der Waals surface area contributed by atoms with Crippen molar-refractivity contribution >= 4 is 0 Å². The van der Waals surface area contributed by atoms with E-state index in [2.05, 4.69) is 33.6 Å². The van der Waals surface area contributed by atoms with Gasteiger partial charge in [-0.3, -0.25) is 9.97 Å². The van der Waals surface area contributed by atoms with E-state index in [1.165, 1.54) is 0 Å². The summed E-state index contributed by atoms with van der Waals surface area (Å²) in [5.41, 5.74) is 4.45. The molecule has 36 heavy (non-hydrogen) atoms. The van der Waals surface area contributed by atoms with Crippen LogP contribution in [0.5, 0.6) is 23.0 Å². The maximum absolute atomic E-state index is 5.41. The minimum atomic E-state index is 0.679. The molecule has 2 heterocycles. The van der Waals surface area contributed by atoms with Crippen molar-refractivity contribution in [2.75, 3.05) is 28.4 Å². The Morgan fingerprint density at radius 1 is 0.500 bits per heavy atom. The van der Waals surface area contributed by atoms with E-state index >= 15 is 0 Å². The Morgan fingerprint density at radius 2 is 0.944 bits per heavy atom. The van der Waals surface area contributed by atoms with Crippen LogP contribution >= 0.6 is 0 Å². The second-order valence-corrected chi connectivity index (χ2v) is 7.49.